The third kappa shape index (κ3) is 2.20. The number of fused-ring (bicyclic) bond motifs is 1. The van der Waals surface area contributed by atoms with Crippen molar-refractivity contribution in [1.82, 2.24) is 0 Å². The summed E-state index contributed by atoms with van der Waals surface area (Å²) in [6, 6.07) is 16.9. The van der Waals surface area contributed by atoms with Crippen molar-refractivity contribution in [2.45, 2.75) is 38.1 Å². The highest BCUT2D eigenvalue weighted by Gasteiger charge is 2.41. The molecule has 0 fully saturated rings. The van der Waals surface area contributed by atoms with Gasteiger partial charge in [0.25, 0.3) is 0 Å². The Labute approximate surface area is 126 Å². The number of benzene rings is 2. The molecule has 0 unspecified atom stereocenters. The minimum Gasteiger partial charge on any atom is -0.380 e. The Morgan fingerprint density at radius 3 is 2.30 bits per heavy atom. The van der Waals surface area contributed by atoms with E-state index < -0.39 is 0 Å². The molecule has 0 radical (unpaired) electrons. The minimum atomic E-state index is 0.00985. The largest absolute Gasteiger partial charge is 0.380 e. The number of hydrogen-bond acceptors (Lipinski definition) is 1. The smallest absolute Gasteiger partial charge is 0.0406 e. The summed E-state index contributed by atoms with van der Waals surface area (Å²) in [6.07, 6.45) is 1.05. The topological polar surface area (TPSA) is 12.0 Å². The molecule has 0 saturated heterocycles. The third-order valence-electron chi connectivity index (χ3n) is 4.27. The number of para-hydroxylation sites is 1. The van der Waals surface area contributed by atoms with Crippen LogP contribution in [0.4, 0.5) is 5.69 Å². The van der Waals surface area contributed by atoms with Gasteiger partial charge in [0, 0.05) is 21.7 Å². The van der Waals surface area contributed by atoms with Crippen molar-refractivity contribution in [1.29, 1.82) is 0 Å². The van der Waals surface area contributed by atoms with E-state index in [1.165, 1.54) is 16.8 Å². The van der Waals surface area contributed by atoms with Crippen molar-refractivity contribution in [3.8, 4) is 0 Å². The SMILES string of the molecule is CC1(C)C[C@@](C)(c2ccc(Cl)cc2)c2ccccc2N1. The molecule has 1 heterocycles. The lowest BCUT2D eigenvalue weighted by Gasteiger charge is -2.45. The molecule has 1 nitrogen and oxygen atoms in total. The van der Waals surface area contributed by atoms with Gasteiger partial charge in [-0.2, -0.15) is 0 Å². The summed E-state index contributed by atoms with van der Waals surface area (Å²) >= 11 is 6.04. The maximum Gasteiger partial charge on any atom is 0.0406 e. The van der Waals surface area contributed by atoms with Gasteiger partial charge in [0.1, 0.15) is 0 Å². The second-order valence-electron chi connectivity index (χ2n) is 6.57. The summed E-state index contributed by atoms with van der Waals surface area (Å²) in [5.41, 5.74) is 4.00. The van der Waals surface area contributed by atoms with E-state index in [4.69, 9.17) is 11.6 Å². The van der Waals surface area contributed by atoms with Crippen molar-refractivity contribution in [2.24, 2.45) is 0 Å². The van der Waals surface area contributed by atoms with Crippen molar-refractivity contribution < 1.29 is 0 Å². The van der Waals surface area contributed by atoms with Crippen LogP contribution in [0.25, 0.3) is 0 Å². The molecule has 0 aliphatic carbocycles. The fourth-order valence-electron chi connectivity index (χ4n) is 3.54. The van der Waals surface area contributed by atoms with Crippen LogP contribution < -0.4 is 5.32 Å². The van der Waals surface area contributed by atoms with Crippen LogP contribution in [0.1, 0.15) is 38.3 Å². The Morgan fingerprint density at radius 2 is 1.60 bits per heavy atom. The molecule has 2 aromatic carbocycles. The number of rotatable bonds is 1. The molecule has 1 aliphatic heterocycles. The second kappa shape index (κ2) is 4.53. The first-order valence-electron chi connectivity index (χ1n) is 7.04. The lowest BCUT2D eigenvalue weighted by molar-refractivity contribution is 0.378. The van der Waals surface area contributed by atoms with E-state index in [-0.39, 0.29) is 11.0 Å². The number of anilines is 1. The maximum absolute atomic E-state index is 6.04. The van der Waals surface area contributed by atoms with E-state index in [0.29, 0.717) is 0 Å². The van der Waals surface area contributed by atoms with Gasteiger partial charge in [-0.25, -0.2) is 0 Å². The molecule has 1 aliphatic rings. The molecular formula is C18H20ClN. The standard InChI is InChI=1S/C18H20ClN/c1-17(2)12-18(3,13-8-10-14(19)11-9-13)15-6-4-5-7-16(15)20-17/h4-11,20H,12H2,1-3H3/t18-/m0/s1. The molecule has 0 bridgehead atoms. The molecule has 3 rings (SSSR count). The molecule has 104 valence electrons. The van der Waals surface area contributed by atoms with E-state index >= 15 is 0 Å². The van der Waals surface area contributed by atoms with Crippen LogP contribution >= 0.6 is 11.6 Å². The average molecular weight is 286 g/mol. The zero-order chi connectivity index (χ0) is 14.4. The molecule has 0 saturated carbocycles. The van der Waals surface area contributed by atoms with Gasteiger partial charge in [-0.1, -0.05) is 48.9 Å². The average Bonchev–Trinajstić information content (AvgIpc) is 2.38. The van der Waals surface area contributed by atoms with Crippen molar-refractivity contribution >= 4 is 17.3 Å². The Hall–Kier alpha value is -1.47. The molecule has 2 aromatic rings. The van der Waals surface area contributed by atoms with Gasteiger partial charge in [0.2, 0.25) is 0 Å². The minimum absolute atomic E-state index is 0.00985. The number of halogens is 1. The molecule has 1 atom stereocenters. The van der Waals surface area contributed by atoms with Gasteiger partial charge in [0.15, 0.2) is 0 Å². The van der Waals surface area contributed by atoms with E-state index in [2.05, 4.69) is 62.5 Å². The van der Waals surface area contributed by atoms with Crippen LogP contribution in [0.2, 0.25) is 5.02 Å². The maximum atomic E-state index is 6.04. The molecule has 1 N–H and O–H groups in total. The van der Waals surface area contributed by atoms with Crippen LogP contribution in [0.3, 0.4) is 0 Å². The van der Waals surface area contributed by atoms with Crippen molar-refractivity contribution in [3.63, 3.8) is 0 Å². The molecule has 20 heavy (non-hydrogen) atoms. The molecular weight excluding hydrogens is 266 g/mol. The van der Waals surface area contributed by atoms with Gasteiger partial charge < -0.3 is 5.32 Å². The molecule has 0 amide bonds. The van der Waals surface area contributed by atoms with Gasteiger partial charge in [-0.05, 0) is 49.6 Å². The Bertz CT molecular complexity index is 630. The summed E-state index contributed by atoms with van der Waals surface area (Å²) in [5.74, 6) is 0. The highest BCUT2D eigenvalue weighted by atomic mass is 35.5. The van der Waals surface area contributed by atoms with Crippen LogP contribution in [0, 0.1) is 0 Å². The summed E-state index contributed by atoms with van der Waals surface area (Å²) in [7, 11) is 0. The van der Waals surface area contributed by atoms with Gasteiger partial charge >= 0.3 is 0 Å². The first-order chi connectivity index (χ1) is 9.41. The zero-order valence-corrected chi connectivity index (χ0v) is 13.0. The van der Waals surface area contributed by atoms with Crippen LogP contribution in [0.15, 0.2) is 48.5 Å². The summed E-state index contributed by atoms with van der Waals surface area (Å²) < 4.78 is 0. The number of hydrogen-bond donors (Lipinski definition) is 1. The first kappa shape index (κ1) is 13.5. The van der Waals surface area contributed by atoms with E-state index in [0.717, 1.165) is 11.4 Å². The Balaban J connectivity index is 2.18. The van der Waals surface area contributed by atoms with Crippen molar-refractivity contribution in [3.05, 3.63) is 64.7 Å². The van der Waals surface area contributed by atoms with E-state index in [1.807, 2.05) is 12.1 Å². The lowest BCUT2D eigenvalue weighted by atomic mass is 9.66. The summed E-state index contributed by atoms with van der Waals surface area (Å²) in [4.78, 5) is 0. The molecule has 0 spiro atoms. The fourth-order valence-corrected chi connectivity index (χ4v) is 3.66. The summed E-state index contributed by atoms with van der Waals surface area (Å²) in [6.45, 7) is 6.85. The van der Waals surface area contributed by atoms with Crippen LogP contribution in [-0.4, -0.2) is 5.54 Å². The predicted molar refractivity (Wildman–Crippen MR) is 86.7 cm³/mol. The molecule has 0 aromatic heterocycles. The predicted octanol–water partition coefficient (Wildman–Crippen LogP) is 5.24. The Morgan fingerprint density at radius 1 is 0.950 bits per heavy atom. The summed E-state index contributed by atoms with van der Waals surface area (Å²) in [5, 5.41) is 4.44. The van der Waals surface area contributed by atoms with Gasteiger partial charge in [-0.15, -0.1) is 0 Å². The van der Waals surface area contributed by atoms with Gasteiger partial charge in [-0.3, -0.25) is 0 Å². The highest BCUT2D eigenvalue weighted by molar-refractivity contribution is 6.30. The quantitative estimate of drug-likeness (QED) is 0.755. The highest BCUT2D eigenvalue weighted by Crippen LogP contribution is 2.47. The van der Waals surface area contributed by atoms with E-state index in [9.17, 15) is 0 Å². The van der Waals surface area contributed by atoms with Crippen molar-refractivity contribution in [2.75, 3.05) is 5.32 Å². The second-order valence-corrected chi connectivity index (χ2v) is 7.01. The van der Waals surface area contributed by atoms with E-state index in [1.54, 1.807) is 0 Å². The third-order valence-corrected chi connectivity index (χ3v) is 4.52. The first-order valence-corrected chi connectivity index (χ1v) is 7.42. The fraction of sp³-hybridized carbons (Fsp3) is 0.333. The zero-order valence-electron chi connectivity index (χ0n) is 12.2. The normalized spacial score (nSPS) is 23.8. The monoisotopic (exact) mass is 285 g/mol. The lowest BCUT2D eigenvalue weighted by Crippen LogP contribution is -2.45. The molecule has 2 heteroatoms. The van der Waals surface area contributed by atoms with Gasteiger partial charge in [0.05, 0.1) is 0 Å². The van der Waals surface area contributed by atoms with Crippen LogP contribution in [-0.2, 0) is 5.41 Å². The number of nitrogens with one attached hydrogen (secondary N) is 1. The van der Waals surface area contributed by atoms with Crippen LogP contribution in [0.5, 0.6) is 0 Å². The Kier molecular flexibility index (Phi) is 3.06.